The van der Waals surface area contributed by atoms with Crippen LogP contribution in [-0.4, -0.2) is 48.0 Å². The molecule has 0 saturated heterocycles. The summed E-state index contributed by atoms with van der Waals surface area (Å²) >= 11 is 0. The van der Waals surface area contributed by atoms with Crippen molar-refractivity contribution in [3.05, 3.63) is 36.5 Å². The second-order valence-corrected chi connectivity index (χ2v) is 9.21. The van der Waals surface area contributed by atoms with Crippen molar-refractivity contribution in [3.63, 3.8) is 0 Å². The van der Waals surface area contributed by atoms with Gasteiger partial charge in [-0.2, -0.15) is 0 Å². The number of imide groups is 1. The van der Waals surface area contributed by atoms with Gasteiger partial charge in [-0.3, -0.25) is 14.5 Å². The Kier molecular flexibility index (Phi) is 9.72. The number of unbranched alkanes of at least 4 members (excludes halogenated alkanes) is 3. The van der Waals surface area contributed by atoms with Crippen LogP contribution in [0.3, 0.4) is 0 Å². The number of carbonyl (C=O) groups excluding carboxylic acids is 3. The van der Waals surface area contributed by atoms with Gasteiger partial charge in [0.1, 0.15) is 0 Å². The van der Waals surface area contributed by atoms with E-state index in [0.29, 0.717) is 18.4 Å². The van der Waals surface area contributed by atoms with Crippen LogP contribution in [0.25, 0.3) is 0 Å². The number of esters is 1. The van der Waals surface area contributed by atoms with Gasteiger partial charge >= 0.3 is 5.97 Å². The molecule has 6 heteroatoms. The molecule has 0 radical (unpaired) electrons. The van der Waals surface area contributed by atoms with Crippen LogP contribution >= 0.6 is 0 Å². The molecule has 3 rings (SSSR count). The van der Waals surface area contributed by atoms with Crippen LogP contribution in [0, 0.1) is 11.8 Å². The lowest BCUT2D eigenvalue weighted by Gasteiger charge is -2.14. The molecule has 3 aliphatic rings. The molecule has 0 aromatic heterocycles. The molecule has 0 aromatic carbocycles. The number of hydrogen-bond acceptors (Lipinski definition) is 5. The SMILES string of the molecule is CC1CCCC=CC2CC(OCCCCCCN3C(=O)C=CC3=O)CC2CC=CC(=O)O1. The van der Waals surface area contributed by atoms with Crippen molar-refractivity contribution in [2.75, 3.05) is 13.2 Å². The second kappa shape index (κ2) is 12.7. The topological polar surface area (TPSA) is 72.9 Å². The van der Waals surface area contributed by atoms with Crippen molar-refractivity contribution in [1.29, 1.82) is 0 Å². The van der Waals surface area contributed by atoms with E-state index >= 15 is 0 Å². The normalized spacial score (nSPS) is 28.9. The van der Waals surface area contributed by atoms with E-state index in [0.717, 1.165) is 70.8 Å². The summed E-state index contributed by atoms with van der Waals surface area (Å²) in [7, 11) is 0. The van der Waals surface area contributed by atoms with Gasteiger partial charge in [-0.25, -0.2) is 4.79 Å². The summed E-state index contributed by atoms with van der Waals surface area (Å²) in [6, 6.07) is 0. The molecule has 32 heavy (non-hydrogen) atoms. The molecule has 1 fully saturated rings. The second-order valence-electron chi connectivity index (χ2n) is 9.21. The van der Waals surface area contributed by atoms with E-state index in [1.54, 1.807) is 6.08 Å². The molecule has 1 saturated carbocycles. The lowest BCUT2D eigenvalue weighted by atomic mass is 9.92. The van der Waals surface area contributed by atoms with Crippen molar-refractivity contribution in [1.82, 2.24) is 4.90 Å². The maximum atomic E-state index is 11.9. The van der Waals surface area contributed by atoms with Crippen LogP contribution in [0.5, 0.6) is 0 Å². The van der Waals surface area contributed by atoms with E-state index in [2.05, 4.69) is 12.2 Å². The molecule has 0 bridgehead atoms. The predicted molar refractivity (Wildman–Crippen MR) is 123 cm³/mol. The van der Waals surface area contributed by atoms with Gasteiger partial charge in [0.05, 0.1) is 12.2 Å². The van der Waals surface area contributed by atoms with Gasteiger partial charge in [-0.15, -0.1) is 0 Å². The van der Waals surface area contributed by atoms with Crippen LogP contribution < -0.4 is 0 Å². The van der Waals surface area contributed by atoms with E-state index < -0.39 is 0 Å². The van der Waals surface area contributed by atoms with Crippen LogP contribution in [0.15, 0.2) is 36.5 Å². The number of allylic oxidation sites excluding steroid dienone is 3. The summed E-state index contributed by atoms with van der Waals surface area (Å²) < 4.78 is 11.6. The fraction of sp³-hybridized carbons (Fsp3) is 0.654. The number of rotatable bonds is 8. The van der Waals surface area contributed by atoms with Gasteiger partial charge < -0.3 is 9.47 Å². The van der Waals surface area contributed by atoms with Crippen LogP contribution in [0.4, 0.5) is 0 Å². The minimum absolute atomic E-state index is 0.0270. The first-order valence-corrected chi connectivity index (χ1v) is 12.2. The number of hydrogen-bond donors (Lipinski definition) is 0. The largest absolute Gasteiger partial charge is 0.460 e. The third kappa shape index (κ3) is 7.73. The first-order valence-electron chi connectivity index (χ1n) is 12.2. The monoisotopic (exact) mass is 443 g/mol. The highest BCUT2D eigenvalue weighted by Gasteiger charge is 2.32. The average Bonchev–Trinajstić information content (AvgIpc) is 3.29. The summed E-state index contributed by atoms with van der Waals surface area (Å²) in [5, 5.41) is 0. The first-order chi connectivity index (χ1) is 15.5. The Morgan fingerprint density at radius 2 is 1.78 bits per heavy atom. The van der Waals surface area contributed by atoms with Gasteiger partial charge in [-0.05, 0) is 70.1 Å². The Morgan fingerprint density at radius 3 is 2.59 bits per heavy atom. The molecule has 1 aliphatic carbocycles. The lowest BCUT2D eigenvalue weighted by Crippen LogP contribution is -2.30. The fourth-order valence-electron chi connectivity index (χ4n) is 4.80. The van der Waals surface area contributed by atoms with E-state index in [4.69, 9.17) is 9.47 Å². The summed E-state index contributed by atoms with van der Waals surface area (Å²) in [4.78, 5) is 36.3. The molecule has 6 nitrogen and oxygen atoms in total. The van der Waals surface area contributed by atoms with Crippen molar-refractivity contribution >= 4 is 17.8 Å². The van der Waals surface area contributed by atoms with Gasteiger partial charge in [0.15, 0.2) is 0 Å². The van der Waals surface area contributed by atoms with Crippen molar-refractivity contribution in [2.45, 2.75) is 83.3 Å². The molecule has 2 heterocycles. The standard InChI is InChI=1S/C26H37NO5/c1-20-10-5-4-6-11-21-18-23(19-22(21)12-9-13-26(30)32-20)31-17-8-3-2-7-16-27-24(28)14-15-25(27)29/h6,9,11,13-15,20-23H,2-5,7-8,10,12,16-19H2,1H3. The summed E-state index contributed by atoms with van der Waals surface area (Å²) in [5.41, 5.74) is 0. The van der Waals surface area contributed by atoms with Gasteiger partial charge in [-0.1, -0.05) is 31.1 Å². The molecule has 176 valence electrons. The number of amides is 2. The summed E-state index contributed by atoms with van der Waals surface area (Å²) in [5.74, 6) is 0.375. The lowest BCUT2D eigenvalue weighted by molar-refractivity contribution is -0.142. The smallest absolute Gasteiger partial charge is 0.330 e. The third-order valence-electron chi connectivity index (χ3n) is 6.61. The maximum absolute atomic E-state index is 11.9. The molecule has 0 aromatic rings. The zero-order valence-corrected chi connectivity index (χ0v) is 19.2. The van der Waals surface area contributed by atoms with Crippen molar-refractivity contribution in [3.8, 4) is 0 Å². The Balaban J connectivity index is 1.34. The molecule has 2 amide bonds. The van der Waals surface area contributed by atoms with Crippen molar-refractivity contribution < 1.29 is 23.9 Å². The Morgan fingerprint density at radius 1 is 1.00 bits per heavy atom. The van der Waals surface area contributed by atoms with E-state index in [1.165, 1.54) is 17.1 Å². The Bertz CT molecular complexity index is 722. The molecule has 4 unspecified atom stereocenters. The number of carbonyl (C=O) groups is 3. The van der Waals surface area contributed by atoms with Crippen LogP contribution in [-0.2, 0) is 23.9 Å². The maximum Gasteiger partial charge on any atom is 0.330 e. The molecule has 0 N–H and O–H groups in total. The van der Waals surface area contributed by atoms with Crippen molar-refractivity contribution in [2.24, 2.45) is 11.8 Å². The average molecular weight is 444 g/mol. The highest BCUT2D eigenvalue weighted by Crippen LogP contribution is 2.37. The van der Waals surface area contributed by atoms with E-state index in [1.807, 2.05) is 13.0 Å². The number of ether oxygens (including phenoxy) is 2. The van der Waals surface area contributed by atoms with Crippen LogP contribution in [0.1, 0.15) is 71.1 Å². The highest BCUT2D eigenvalue weighted by atomic mass is 16.5. The van der Waals surface area contributed by atoms with Gasteiger partial charge in [0.25, 0.3) is 11.8 Å². The number of cyclic esters (lactones) is 1. The minimum Gasteiger partial charge on any atom is -0.460 e. The molecular weight excluding hydrogens is 406 g/mol. The van der Waals surface area contributed by atoms with E-state index in [-0.39, 0.29) is 30.0 Å². The number of fused-ring (bicyclic) bond motifs is 1. The molecule has 0 spiro atoms. The highest BCUT2D eigenvalue weighted by molar-refractivity contribution is 6.12. The summed E-state index contributed by atoms with van der Waals surface area (Å²) in [6.07, 6.45) is 20.9. The zero-order chi connectivity index (χ0) is 22.8. The van der Waals surface area contributed by atoms with Gasteiger partial charge in [0, 0.05) is 31.4 Å². The van der Waals surface area contributed by atoms with E-state index in [9.17, 15) is 14.4 Å². The fourth-order valence-corrected chi connectivity index (χ4v) is 4.80. The van der Waals surface area contributed by atoms with Gasteiger partial charge in [0.2, 0.25) is 0 Å². The quantitative estimate of drug-likeness (QED) is 0.239. The predicted octanol–water partition coefficient (Wildman–Crippen LogP) is 4.50. The minimum atomic E-state index is -0.234. The summed E-state index contributed by atoms with van der Waals surface area (Å²) in [6.45, 7) is 3.21. The Hall–Kier alpha value is -2.21. The first kappa shape index (κ1) is 24.4. The zero-order valence-electron chi connectivity index (χ0n) is 19.2. The van der Waals surface area contributed by atoms with Crippen LogP contribution in [0.2, 0.25) is 0 Å². The third-order valence-corrected chi connectivity index (χ3v) is 6.61. The molecule has 2 aliphatic heterocycles. The number of nitrogens with zero attached hydrogens (tertiary/aromatic N) is 1. The Labute approximate surface area is 191 Å². The molecule has 4 atom stereocenters. The molecular formula is C26H37NO5.